The van der Waals surface area contributed by atoms with Gasteiger partial charge in [0.25, 0.3) is 0 Å². The number of hydrogen-bond acceptors (Lipinski definition) is 5. The summed E-state index contributed by atoms with van der Waals surface area (Å²) >= 11 is 1.19. The van der Waals surface area contributed by atoms with E-state index in [0.29, 0.717) is 34.9 Å². The number of methoxy groups -OCH3 is 1. The molecule has 0 unspecified atom stereocenters. The predicted molar refractivity (Wildman–Crippen MR) is 120 cm³/mol. The molecule has 2 N–H and O–H groups in total. The van der Waals surface area contributed by atoms with E-state index in [1.165, 1.54) is 11.3 Å². The molecule has 2 aromatic carbocycles. The zero-order chi connectivity index (χ0) is 22.0. The second-order valence-corrected chi connectivity index (χ2v) is 8.07. The maximum atomic E-state index is 12.7. The molecule has 0 aliphatic carbocycles. The van der Waals surface area contributed by atoms with Gasteiger partial charge >= 0.3 is 5.97 Å². The molecule has 3 aromatic rings. The molecular weight excluding hydrogens is 414 g/mol. The summed E-state index contributed by atoms with van der Waals surface area (Å²) in [6, 6.07) is 14.6. The average Bonchev–Trinajstić information content (AvgIpc) is 3.17. The number of amides is 1. The van der Waals surface area contributed by atoms with Crippen LogP contribution in [0.4, 0.5) is 5.69 Å². The third-order valence-corrected chi connectivity index (χ3v) is 6.42. The lowest BCUT2D eigenvalue weighted by atomic mass is 9.88. The van der Waals surface area contributed by atoms with E-state index >= 15 is 0 Å². The molecule has 0 bridgehead atoms. The van der Waals surface area contributed by atoms with E-state index in [0.717, 1.165) is 10.4 Å². The Bertz CT molecular complexity index is 1150. The van der Waals surface area contributed by atoms with Crippen LogP contribution in [-0.2, 0) is 4.79 Å². The minimum atomic E-state index is -1.03. The molecule has 7 heteroatoms. The average molecular weight is 436 g/mol. The largest absolute Gasteiger partial charge is 0.497 e. The lowest BCUT2D eigenvalue weighted by molar-refractivity contribution is -0.116. The van der Waals surface area contributed by atoms with Crippen LogP contribution < -0.4 is 14.8 Å². The van der Waals surface area contributed by atoms with E-state index in [1.54, 1.807) is 37.5 Å². The van der Waals surface area contributed by atoms with Crippen LogP contribution in [0.2, 0.25) is 0 Å². The summed E-state index contributed by atoms with van der Waals surface area (Å²) in [6.07, 6.45) is 1.87. The van der Waals surface area contributed by atoms with Crippen molar-refractivity contribution in [2.75, 3.05) is 19.0 Å². The first-order valence-electron chi connectivity index (χ1n) is 9.70. The number of fused-ring (bicyclic) bond motifs is 1. The van der Waals surface area contributed by atoms with Crippen molar-refractivity contribution in [2.24, 2.45) is 0 Å². The number of carbonyl (C=O) groups excluding carboxylic acids is 1. The molecule has 0 fully saturated rings. The number of benzene rings is 2. The van der Waals surface area contributed by atoms with Crippen LogP contribution in [0.1, 0.15) is 32.5 Å². The molecule has 0 spiro atoms. The van der Waals surface area contributed by atoms with Gasteiger partial charge in [0.05, 0.1) is 12.8 Å². The van der Waals surface area contributed by atoms with Gasteiger partial charge in [-0.1, -0.05) is 43.0 Å². The van der Waals surface area contributed by atoms with Crippen molar-refractivity contribution >= 4 is 28.9 Å². The number of anilines is 1. The summed E-state index contributed by atoms with van der Waals surface area (Å²) in [5, 5.41) is 12.8. The summed E-state index contributed by atoms with van der Waals surface area (Å²) < 4.78 is 11.0. The van der Waals surface area contributed by atoms with Gasteiger partial charge in [-0.2, -0.15) is 0 Å². The molecule has 158 valence electrons. The zero-order valence-electron chi connectivity index (χ0n) is 16.9. The first-order chi connectivity index (χ1) is 15.0. The molecular formula is C24H21NO5S. The third-order valence-electron chi connectivity index (χ3n) is 5.13. The van der Waals surface area contributed by atoms with Gasteiger partial charge in [-0.25, -0.2) is 4.79 Å². The molecule has 4 rings (SSSR count). The molecule has 0 saturated heterocycles. The molecule has 1 aliphatic heterocycles. The molecule has 1 aliphatic rings. The summed E-state index contributed by atoms with van der Waals surface area (Å²) in [5.41, 5.74) is 2.61. The number of carbonyl (C=O) groups is 2. The zero-order valence-corrected chi connectivity index (χ0v) is 17.7. The number of thiophene rings is 1. The highest BCUT2D eigenvalue weighted by Crippen LogP contribution is 2.50. The lowest BCUT2D eigenvalue weighted by Crippen LogP contribution is -2.22. The Morgan fingerprint density at radius 3 is 2.68 bits per heavy atom. The minimum Gasteiger partial charge on any atom is -0.497 e. The fraction of sp³-hybridized carbons (Fsp3) is 0.167. The topological polar surface area (TPSA) is 84.9 Å². The van der Waals surface area contributed by atoms with E-state index in [-0.39, 0.29) is 23.1 Å². The second kappa shape index (κ2) is 8.65. The van der Waals surface area contributed by atoms with Crippen molar-refractivity contribution in [3.63, 3.8) is 0 Å². The number of carboxylic acid groups (broad SMARTS) is 1. The fourth-order valence-corrected chi connectivity index (χ4v) is 5.01. The SMILES string of the molecule is C=CCOc1ccccc1[C@@H]1CC(=O)Nc2c1sc(C(=O)O)c2-c1ccc(OC)cc1. The van der Waals surface area contributed by atoms with Crippen LogP contribution in [0.5, 0.6) is 11.5 Å². The maximum Gasteiger partial charge on any atom is 0.346 e. The summed E-state index contributed by atoms with van der Waals surface area (Å²) in [7, 11) is 1.57. The number of hydrogen-bond donors (Lipinski definition) is 2. The Morgan fingerprint density at radius 1 is 1.26 bits per heavy atom. The summed E-state index contributed by atoms with van der Waals surface area (Å²) in [6.45, 7) is 4.02. The van der Waals surface area contributed by atoms with Gasteiger partial charge in [-0.3, -0.25) is 4.79 Å². The maximum absolute atomic E-state index is 12.7. The molecule has 31 heavy (non-hydrogen) atoms. The van der Waals surface area contributed by atoms with E-state index in [4.69, 9.17) is 9.47 Å². The minimum absolute atomic E-state index is 0.166. The lowest BCUT2D eigenvalue weighted by Gasteiger charge is -2.25. The van der Waals surface area contributed by atoms with Crippen molar-refractivity contribution in [1.82, 2.24) is 0 Å². The Hall–Kier alpha value is -3.58. The number of aromatic carboxylic acids is 1. The van der Waals surface area contributed by atoms with Crippen LogP contribution in [-0.4, -0.2) is 30.7 Å². The van der Waals surface area contributed by atoms with Gasteiger partial charge in [-0.05, 0) is 23.8 Å². The van der Waals surface area contributed by atoms with E-state index in [9.17, 15) is 14.7 Å². The number of ether oxygens (including phenoxy) is 2. The second-order valence-electron chi connectivity index (χ2n) is 7.02. The van der Waals surface area contributed by atoms with Gasteiger partial charge in [-0.15, -0.1) is 11.3 Å². The highest BCUT2D eigenvalue weighted by atomic mass is 32.1. The quantitative estimate of drug-likeness (QED) is 0.501. The van der Waals surface area contributed by atoms with E-state index < -0.39 is 5.97 Å². The van der Waals surface area contributed by atoms with E-state index in [2.05, 4.69) is 11.9 Å². The Labute approximate surface area is 183 Å². The Balaban J connectivity index is 1.88. The van der Waals surface area contributed by atoms with Gasteiger partial charge in [0.2, 0.25) is 5.91 Å². The smallest absolute Gasteiger partial charge is 0.346 e. The van der Waals surface area contributed by atoms with Crippen LogP contribution in [0.25, 0.3) is 11.1 Å². The molecule has 2 heterocycles. The standard InChI is InChI=1S/C24H21NO5S/c1-3-12-30-18-7-5-4-6-16(18)17-13-19(26)25-21-20(23(24(27)28)31-22(17)21)14-8-10-15(29-2)11-9-14/h3-11,17H,1,12-13H2,2H3,(H,25,26)(H,27,28)/t17-/m0/s1. The van der Waals surface area contributed by atoms with Crippen LogP contribution in [0.15, 0.2) is 61.2 Å². The van der Waals surface area contributed by atoms with Gasteiger partial charge in [0.15, 0.2) is 0 Å². The number of para-hydroxylation sites is 1. The fourth-order valence-electron chi connectivity index (χ4n) is 3.77. The van der Waals surface area contributed by atoms with Gasteiger partial charge in [0.1, 0.15) is 23.0 Å². The molecule has 6 nitrogen and oxygen atoms in total. The van der Waals surface area contributed by atoms with Crippen LogP contribution in [0, 0.1) is 0 Å². The molecule has 1 aromatic heterocycles. The molecule has 1 amide bonds. The van der Waals surface area contributed by atoms with Crippen LogP contribution >= 0.6 is 11.3 Å². The van der Waals surface area contributed by atoms with Crippen molar-refractivity contribution in [3.8, 4) is 22.6 Å². The normalized spacial score (nSPS) is 15.0. The van der Waals surface area contributed by atoms with Gasteiger partial charge < -0.3 is 19.9 Å². The monoisotopic (exact) mass is 435 g/mol. The third kappa shape index (κ3) is 3.92. The summed E-state index contributed by atoms with van der Waals surface area (Å²) in [5.74, 6) is -0.181. The predicted octanol–water partition coefficient (Wildman–Crippen LogP) is 5.16. The molecule has 0 saturated carbocycles. The van der Waals surface area contributed by atoms with Gasteiger partial charge in [0, 0.05) is 28.3 Å². The first-order valence-corrected chi connectivity index (χ1v) is 10.5. The number of rotatable bonds is 7. The highest BCUT2D eigenvalue weighted by Gasteiger charge is 2.35. The number of nitrogens with one attached hydrogen (secondary N) is 1. The molecule has 0 radical (unpaired) electrons. The van der Waals surface area contributed by atoms with Crippen molar-refractivity contribution in [2.45, 2.75) is 12.3 Å². The first kappa shape index (κ1) is 20.7. The summed E-state index contributed by atoms with van der Waals surface area (Å²) in [4.78, 5) is 25.8. The number of carboxylic acids is 1. The van der Waals surface area contributed by atoms with Crippen molar-refractivity contribution in [1.29, 1.82) is 0 Å². The van der Waals surface area contributed by atoms with Crippen LogP contribution in [0.3, 0.4) is 0 Å². The molecule has 1 atom stereocenters. The Kier molecular flexibility index (Phi) is 5.77. The van der Waals surface area contributed by atoms with Crippen molar-refractivity contribution < 1.29 is 24.2 Å². The van der Waals surface area contributed by atoms with E-state index in [1.807, 2.05) is 24.3 Å². The highest BCUT2D eigenvalue weighted by molar-refractivity contribution is 7.15. The Morgan fingerprint density at radius 2 is 2.00 bits per heavy atom. The van der Waals surface area contributed by atoms with Crippen molar-refractivity contribution in [3.05, 3.63) is 76.5 Å².